The lowest BCUT2D eigenvalue weighted by atomic mass is 9.88. The zero-order valence-electron chi connectivity index (χ0n) is 28.4. The monoisotopic (exact) mass is 663 g/mol. The molecule has 3 nitrogen and oxygen atoms in total. The molecule has 0 spiro atoms. The van der Waals surface area contributed by atoms with E-state index in [1.54, 1.807) is 0 Å². The van der Waals surface area contributed by atoms with Gasteiger partial charge in [0.1, 0.15) is 0 Å². The van der Waals surface area contributed by atoms with Gasteiger partial charge in [-0.1, -0.05) is 121 Å². The molecule has 2 heterocycles. The van der Waals surface area contributed by atoms with Crippen LogP contribution in [0.5, 0.6) is 0 Å². The lowest BCUT2D eigenvalue weighted by Crippen LogP contribution is -2.25. The molecule has 0 amide bonds. The van der Waals surface area contributed by atoms with E-state index in [9.17, 15) is 0 Å². The van der Waals surface area contributed by atoms with E-state index < -0.39 is 0 Å². The highest BCUT2D eigenvalue weighted by molar-refractivity contribution is 6.14. The van der Waals surface area contributed by atoms with Gasteiger partial charge in [-0.2, -0.15) is 0 Å². The topological polar surface area (TPSA) is 11.4 Å². The van der Waals surface area contributed by atoms with Crippen molar-refractivity contribution < 1.29 is 0 Å². The predicted octanol–water partition coefficient (Wildman–Crippen LogP) is 13.4. The Morgan fingerprint density at radius 1 is 0.423 bits per heavy atom. The first-order valence-electron chi connectivity index (χ1n) is 18.0. The van der Waals surface area contributed by atoms with E-state index >= 15 is 0 Å². The Bertz CT molecular complexity index is 2870. The number of hydrogen-bond donors (Lipinski definition) is 0. The van der Waals surface area contributed by atoms with Crippen molar-refractivity contribution in [3.8, 4) is 16.8 Å². The fraction of sp³-hybridized carbons (Fsp3) is 0.0204. The average molecular weight is 664 g/mol. The smallest absolute Gasteiger partial charge is 0.0745 e. The van der Waals surface area contributed by atoms with Crippen LogP contribution in [0.15, 0.2) is 182 Å². The number of allylic oxidation sites excluding steroid dienone is 1. The Labute approximate surface area is 302 Å². The third-order valence-electron chi connectivity index (χ3n) is 10.8. The Hall–Kier alpha value is -6.84. The van der Waals surface area contributed by atoms with E-state index in [4.69, 9.17) is 0 Å². The summed E-state index contributed by atoms with van der Waals surface area (Å²) in [6.45, 7) is 0. The molecule has 0 saturated heterocycles. The van der Waals surface area contributed by atoms with E-state index in [1.165, 1.54) is 66.2 Å². The van der Waals surface area contributed by atoms with Gasteiger partial charge in [-0.05, 0) is 106 Å². The molecule has 1 aromatic heterocycles. The maximum absolute atomic E-state index is 2.51. The second kappa shape index (κ2) is 11.3. The van der Waals surface area contributed by atoms with Crippen molar-refractivity contribution in [2.45, 2.75) is 6.42 Å². The molecule has 9 aromatic rings. The summed E-state index contributed by atoms with van der Waals surface area (Å²) >= 11 is 0. The third-order valence-corrected chi connectivity index (χ3v) is 10.8. The number of nitrogens with zero attached hydrogens (tertiary/aromatic N) is 3. The zero-order chi connectivity index (χ0) is 34.2. The maximum Gasteiger partial charge on any atom is 0.0745 e. The van der Waals surface area contributed by atoms with Crippen LogP contribution in [0, 0.1) is 0 Å². The van der Waals surface area contributed by atoms with Gasteiger partial charge in [-0.25, -0.2) is 0 Å². The summed E-state index contributed by atoms with van der Waals surface area (Å²) in [5.74, 6) is 0. The van der Waals surface area contributed by atoms with Crippen LogP contribution in [0.2, 0.25) is 0 Å². The molecule has 0 N–H and O–H groups in total. The molecule has 8 aromatic carbocycles. The average Bonchev–Trinajstić information content (AvgIpc) is 3.55. The zero-order valence-corrected chi connectivity index (χ0v) is 28.4. The Morgan fingerprint density at radius 2 is 1.15 bits per heavy atom. The minimum atomic E-state index is 0.866. The fourth-order valence-corrected chi connectivity index (χ4v) is 8.64. The van der Waals surface area contributed by atoms with Crippen molar-refractivity contribution >= 4 is 72.8 Å². The number of anilines is 6. The second-order valence-corrected chi connectivity index (χ2v) is 13.7. The summed E-state index contributed by atoms with van der Waals surface area (Å²) in [5, 5.41) is 5.08. The van der Waals surface area contributed by atoms with Crippen molar-refractivity contribution in [1.29, 1.82) is 0 Å². The number of para-hydroxylation sites is 3. The quantitative estimate of drug-likeness (QED) is 0.186. The van der Waals surface area contributed by atoms with Crippen LogP contribution in [0.4, 0.5) is 34.1 Å². The Kier molecular flexibility index (Phi) is 6.31. The van der Waals surface area contributed by atoms with Crippen molar-refractivity contribution in [1.82, 2.24) is 4.57 Å². The molecule has 0 unspecified atom stereocenters. The van der Waals surface area contributed by atoms with Crippen LogP contribution in [-0.2, 0) is 6.42 Å². The number of rotatable bonds is 4. The van der Waals surface area contributed by atoms with Gasteiger partial charge < -0.3 is 14.4 Å². The summed E-state index contributed by atoms with van der Waals surface area (Å²) < 4.78 is 2.39. The standard InChI is InChI=1S/C49H33N3/c1-4-14-33(15-5-1)35-26-28-45-46(30-35)52(38-21-8-3-9-22-38)49-41-24-13-17-34-16-12-18-36(48(34)41)31-47(49)51(45)39-27-29-44-42(32-39)40-23-10-11-25-43(40)50(44)37-19-6-2-7-20-37/h1-23,25-32H,24H2. The molecule has 11 rings (SSSR count). The van der Waals surface area contributed by atoms with E-state index in [-0.39, 0.29) is 0 Å². The second-order valence-electron chi connectivity index (χ2n) is 13.7. The molecule has 2 aliphatic rings. The third kappa shape index (κ3) is 4.26. The van der Waals surface area contributed by atoms with Gasteiger partial charge in [0.05, 0.1) is 33.8 Å². The largest absolute Gasteiger partial charge is 0.309 e. The number of benzene rings is 8. The highest BCUT2D eigenvalue weighted by Crippen LogP contribution is 2.58. The molecule has 1 aliphatic carbocycles. The van der Waals surface area contributed by atoms with Gasteiger partial charge >= 0.3 is 0 Å². The van der Waals surface area contributed by atoms with E-state index in [1.807, 2.05) is 0 Å². The van der Waals surface area contributed by atoms with Gasteiger partial charge in [0.15, 0.2) is 0 Å². The van der Waals surface area contributed by atoms with Gasteiger partial charge in [-0.15, -0.1) is 0 Å². The SMILES string of the molecule is C1=Cc2cccc3cc4c(c(c23)C1)N(c1ccccc1)c1cc(-c2ccccc2)ccc1N4c1ccc2c(c1)c1ccccc1n2-c1ccccc1. The molecule has 244 valence electrons. The van der Waals surface area contributed by atoms with Gasteiger partial charge in [-0.3, -0.25) is 0 Å². The minimum Gasteiger partial charge on any atom is -0.309 e. The predicted molar refractivity (Wildman–Crippen MR) is 219 cm³/mol. The molecule has 52 heavy (non-hydrogen) atoms. The van der Waals surface area contributed by atoms with Gasteiger partial charge in [0.2, 0.25) is 0 Å². The molecule has 0 radical (unpaired) electrons. The van der Waals surface area contributed by atoms with E-state index in [0.29, 0.717) is 0 Å². The summed E-state index contributed by atoms with van der Waals surface area (Å²) in [4.78, 5) is 5.02. The Balaban J connectivity index is 1.23. The normalized spacial score (nSPS) is 13.2. The van der Waals surface area contributed by atoms with E-state index in [0.717, 1.165) is 34.9 Å². The molecular weight excluding hydrogens is 631 g/mol. The summed E-state index contributed by atoms with van der Waals surface area (Å²) in [5.41, 5.74) is 15.6. The summed E-state index contributed by atoms with van der Waals surface area (Å²) in [6.07, 6.45) is 5.48. The first kappa shape index (κ1) is 28.9. The van der Waals surface area contributed by atoms with Crippen LogP contribution in [0.3, 0.4) is 0 Å². The summed E-state index contributed by atoms with van der Waals surface area (Å²) in [6, 6.07) is 64.2. The van der Waals surface area contributed by atoms with Crippen LogP contribution in [-0.4, -0.2) is 4.57 Å². The lowest BCUT2D eigenvalue weighted by Gasteiger charge is -2.42. The molecule has 0 saturated carbocycles. The highest BCUT2D eigenvalue weighted by atomic mass is 15.3. The Morgan fingerprint density at radius 3 is 1.98 bits per heavy atom. The highest BCUT2D eigenvalue weighted by Gasteiger charge is 2.34. The fourth-order valence-electron chi connectivity index (χ4n) is 8.64. The van der Waals surface area contributed by atoms with Crippen molar-refractivity contribution in [2.24, 2.45) is 0 Å². The number of fused-ring (bicyclic) bond motifs is 6. The van der Waals surface area contributed by atoms with Crippen molar-refractivity contribution in [3.05, 3.63) is 193 Å². The first-order chi connectivity index (χ1) is 25.8. The van der Waals surface area contributed by atoms with Crippen LogP contribution < -0.4 is 9.80 Å². The number of aromatic nitrogens is 1. The van der Waals surface area contributed by atoms with Gasteiger partial charge in [0.25, 0.3) is 0 Å². The van der Waals surface area contributed by atoms with Crippen LogP contribution in [0.1, 0.15) is 11.1 Å². The summed E-state index contributed by atoms with van der Waals surface area (Å²) in [7, 11) is 0. The minimum absolute atomic E-state index is 0.866. The molecule has 1 aliphatic heterocycles. The number of hydrogen-bond acceptors (Lipinski definition) is 2. The molecule has 3 heteroatoms. The van der Waals surface area contributed by atoms with Crippen LogP contribution >= 0.6 is 0 Å². The maximum atomic E-state index is 2.51. The molecule has 0 bridgehead atoms. The molecule has 0 fully saturated rings. The van der Waals surface area contributed by atoms with Gasteiger partial charge in [0, 0.05) is 27.8 Å². The lowest BCUT2D eigenvalue weighted by molar-refractivity contribution is 1.14. The van der Waals surface area contributed by atoms with Crippen LogP contribution in [0.25, 0.3) is 55.5 Å². The molecule has 0 atom stereocenters. The van der Waals surface area contributed by atoms with Crippen molar-refractivity contribution in [3.63, 3.8) is 0 Å². The van der Waals surface area contributed by atoms with Crippen molar-refractivity contribution in [2.75, 3.05) is 9.80 Å². The molecular formula is C49H33N3. The van der Waals surface area contributed by atoms with E-state index in [2.05, 4.69) is 202 Å². The first-order valence-corrected chi connectivity index (χ1v) is 18.0.